The summed E-state index contributed by atoms with van der Waals surface area (Å²) in [6.07, 6.45) is 14.5. The van der Waals surface area contributed by atoms with Crippen molar-refractivity contribution in [1.29, 1.82) is 0 Å². The van der Waals surface area contributed by atoms with E-state index in [1.54, 1.807) is 0 Å². The third-order valence-corrected chi connectivity index (χ3v) is 6.18. The minimum absolute atomic E-state index is 0.581. The van der Waals surface area contributed by atoms with Crippen molar-refractivity contribution in [3.05, 3.63) is 0 Å². The number of fused-ring (bicyclic) bond motifs is 2. The molecule has 2 bridgehead atoms. The summed E-state index contributed by atoms with van der Waals surface area (Å²) in [4.78, 5) is 0. The summed E-state index contributed by atoms with van der Waals surface area (Å²) in [7, 11) is 0. The van der Waals surface area contributed by atoms with Crippen LogP contribution in [0.2, 0.25) is 0 Å². The molecule has 0 aromatic rings. The average molecular weight is 263 g/mol. The van der Waals surface area contributed by atoms with Crippen molar-refractivity contribution in [2.45, 2.75) is 97.1 Å². The molecule has 0 aliphatic heterocycles. The van der Waals surface area contributed by atoms with Crippen molar-refractivity contribution in [3.8, 4) is 0 Å². The highest BCUT2D eigenvalue weighted by Gasteiger charge is 2.51. The molecule has 110 valence electrons. The van der Waals surface area contributed by atoms with Crippen LogP contribution in [0.1, 0.15) is 85.0 Å². The van der Waals surface area contributed by atoms with Gasteiger partial charge in [-0.1, -0.05) is 46.5 Å². The van der Waals surface area contributed by atoms with Crippen LogP contribution in [0.4, 0.5) is 0 Å². The molecule has 3 rings (SSSR count). The van der Waals surface area contributed by atoms with Gasteiger partial charge in [0.15, 0.2) is 0 Å². The first-order valence-corrected chi connectivity index (χ1v) is 8.73. The van der Waals surface area contributed by atoms with Gasteiger partial charge in [-0.3, -0.25) is 0 Å². The van der Waals surface area contributed by atoms with Gasteiger partial charge >= 0.3 is 0 Å². The summed E-state index contributed by atoms with van der Waals surface area (Å²) in [6, 6.07) is 1.63. The van der Waals surface area contributed by atoms with E-state index in [4.69, 9.17) is 0 Å². The Morgan fingerprint density at radius 2 is 1.58 bits per heavy atom. The molecule has 0 radical (unpaired) electrons. The van der Waals surface area contributed by atoms with Gasteiger partial charge in [-0.15, -0.1) is 0 Å². The Kier molecular flexibility index (Phi) is 3.71. The number of hydrogen-bond donors (Lipinski definition) is 1. The SMILES string of the molecule is CC1(C)CC2CC(NC3CCCCCC3)C(C)(C2)C1. The molecule has 0 spiro atoms. The molecular formula is C18H33N. The summed E-state index contributed by atoms with van der Waals surface area (Å²) >= 11 is 0. The predicted octanol–water partition coefficient (Wildman–Crippen LogP) is 4.90. The van der Waals surface area contributed by atoms with Crippen LogP contribution in [0.3, 0.4) is 0 Å². The van der Waals surface area contributed by atoms with E-state index >= 15 is 0 Å². The maximum Gasteiger partial charge on any atom is 0.0126 e. The molecule has 0 aromatic heterocycles. The Balaban J connectivity index is 1.65. The maximum atomic E-state index is 4.11. The summed E-state index contributed by atoms with van der Waals surface area (Å²) in [5.74, 6) is 0.997. The zero-order chi connectivity index (χ0) is 13.5. The molecule has 1 N–H and O–H groups in total. The van der Waals surface area contributed by atoms with E-state index in [9.17, 15) is 0 Å². The lowest BCUT2D eigenvalue weighted by Gasteiger charge is -2.43. The summed E-state index contributed by atoms with van der Waals surface area (Å²) in [5.41, 5.74) is 1.16. The highest BCUT2D eigenvalue weighted by molar-refractivity contribution is 5.05. The van der Waals surface area contributed by atoms with Gasteiger partial charge in [-0.05, 0) is 55.3 Å². The highest BCUT2D eigenvalue weighted by atomic mass is 15.0. The minimum atomic E-state index is 0.581. The van der Waals surface area contributed by atoms with Gasteiger partial charge in [0.2, 0.25) is 0 Å². The summed E-state index contributed by atoms with van der Waals surface area (Å²) in [6.45, 7) is 7.55. The molecule has 0 amide bonds. The average Bonchev–Trinajstić information content (AvgIpc) is 2.49. The first-order chi connectivity index (χ1) is 8.97. The highest BCUT2D eigenvalue weighted by Crippen LogP contribution is 2.57. The van der Waals surface area contributed by atoms with Crippen molar-refractivity contribution in [2.24, 2.45) is 16.7 Å². The summed E-state index contributed by atoms with van der Waals surface area (Å²) < 4.78 is 0. The van der Waals surface area contributed by atoms with Crippen molar-refractivity contribution >= 4 is 0 Å². The molecule has 3 aliphatic rings. The Bertz CT molecular complexity index is 314. The van der Waals surface area contributed by atoms with Crippen molar-refractivity contribution in [1.82, 2.24) is 5.32 Å². The van der Waals surface area contributed by atoms with E-state index in [1.165, 1.54) is 64.2 Å². The fourth-order valence-corrected chi connectivity index (χ4v) is 5.80. The second kappa shape index (κ2) is 5.06. The minimum Gasteiger partial charge on any atom is -0.311 e. The molecule has 3 unspecified atom stereocenters. The lowest BCUT2D eigenvalue weighted by atomic mass is 9.64. The number of hydrogen-bond acceptors (Lipinski definition) is 1. The van der Waals surface area contributed by atoms with Crippen LogP contribution < -0.4 is 5.32 Å². The van der Waals surface area contributed by atoms with E-state index in [1.807, 2.05) is 0 Å². The van der Waals surface area contributed by atoms with Gasteiger partial charge in [0.1, 0.15) is 0 Å². The molecular weight excluding hydrogens is 230 g/mol. The van der Waals surface area contributed by atoms with Gasteiger partial charge in [0.05, 0.1) is 0 Å². The Hall–Kier alpha value is -0.0400. The fourth-order valence-electron chi connectivity index (χ4n) is 5.80. The second-order valence-corrected chi connectivity index (χ2v) is 8.91. The zero-order valence-corrected chi connectivity index (χ0v) is 13.3. The van der Waals surface area contributed by atoms with E-state index in [2.05, 4.69) is 26.1 Å². The first-order valence-electron chi connectivity index (χ1n) is 8.73. The van der Waals surface area contributed by atoms with Crippen molar-refractivity contribution in [2.75, 3.05) is 0 Å². The molecule has 3 fully saturated rings. The normalized spacial score (nSPS) is 43.1. The van der Waals surface area contributed by atoms with Crippen LogP contribution in [-0.4, -0.2) is 12.1 Å². The van der Waals surface area contributed by atoms with Gasteiger partial charge in [-0.25, -0.2) is 0 Å². The zero-order valence-electron chi connectivity index (χ0n) is 13.3. The van der Waals surface area contributed by atoms with Crippen molar-refractivity contribution < 1.29 is 0 Å². The van der Waals surface area contributed by atoms with Crippen molar-refractivity contribution in [3.63, 3.8) is 0 Å². The van der Waals surface area contributed by atoms with Crippen LogP contribution in [0.25, 0.3) is 0 Å². The van der Waals surface area contributed by atoms with Crippen LogP contribution in [0.15, 0.2) is 0 Å². The van der Waals surface area contributed by atoms with Crippen LogP contribution in [0.5, 0.6) is 0 Å². The molecule has 0 aromatic carbocycles. The monoisotopic (exact) mass is 263 g/mol. The number of rotatable bonds is 2. The van der Waals surface area contributed by atoms with Crippen LogP contribution in [0, 0.1) is 16.7 Å². The maximum absolute atomic E-state index is 4.11. The Labute approximate surface area is 119 Å². The lowest BCUT2D eigenvalue weighted by Crippen LogP contribution is -2.46. The molecule has 3 atom stereocenters. The molecule has 19 heavy (non-hydrogen) atoms. The Morgan fingerprint density at radius 1 is 0.895 bits per heavy atom. The smallest absolute Gasteiger partial charge is 0.0126 e. The summed E-state index contributed by atoms with van der Waals surface area (Å²) in [5, 5.41) is 4.11. The standard InChI is InChI=1S/C18H33N/c1-17(2)11-14-10-16(18(3,12-14)13-17)19-15-8-6-4-5-7-9-15/h14-16,19H,4-13H2,1-3H3. The molecule has 3 saturated carbocycles. The molecule has 1 heteroatoms. The van der Waals surface area contributed by atoms with Gasteiger partial charge < -0.3 is 5.32 Å². The molecule has 0 saturated heterocycles. The van der Waals surface area contributed by atoms with Gasteiger partial charge in [0.25, 0.3) is 0 Å². The second-order valence-electron chi connectivity index (χ2n) is 8.91. The van der Waals surface area contributed by atoms with Crippen LogP contribution in [-0.2, 0) is 0 Å². The Morgan fingerprint density at radius 3 is 2.26 bits per heavy atom. The van der Waals surface area contributed by atoms with E-state index in [-0.39, 0.29) is 0 Å². The topological polar surface area (TPSA) is 12.0 Å². The molecule has 1 nitrogen and oxygen atoms in total. The first kappa shape index (κ1) is 13.9. The third-order valence-electron chi connectivity index (χ3n) is 6.18. The molecule has 3 aliphatic carbocycles. The number of nitrogens with one attached hydrogen (secondary N) is 1. The van der Waals surface area contributed by atoms with E-state index in [0.717, 1.165) is 18.0 Å². The largest absolute Gasteiger partial charge is 0.311 e. The van der Waals surface area contributed by atoms with Crippen LogP contribution >= 0.6 is 0 Å². The van der Waals surface area contributed by atoms with Gasteiger partial charge in [0, 0.05) is 12.1 Å². The molecule has 0 heterocycles. The predicted molar refractivity (Wildman–Crippen MR) is 82.3 cm³/mol. The van der Waals surface area contributed by atoms with E-state index in [0.29, 0.717) is 10.8 Å². The van der Waals surface area contributed by atoms with E-state index < -0.39 is 0 Å². The lowest BCUT2D eigenvalue weighted by molar-refractivity contribution is 0.0889. The quantitative estimate of drug-likeness (QED) is 0.698. The fraction of sp³-hybridized carbons (Fsp3) is 1.00. The third kappa shape index (κ3) is 3.01. The van der Waals surface area contributed by atoms with Gasteiger partial charge in [-0.2, -0.15) is 0 Å².